The van der Waals surface area contributed by atoms with Gasteiger partial charge >= 0.3 is 0 Å². The normalized spacial score (nSPS) is 23.1. The SMILES string of the molecule is Clc1cccc(CN2CCOC3(CCOCC3)C2)c1Cl. The molecule has 2 fully saturated rings. The van der Waals surface area contributed by atoms with Crippen LogP contribution in [-0.2, 0) is 16.0 Å². The second-order valence-corrected chi connectivity index (χ2v) is 6.35. The Labute approximate surface area is 129 Å². The molecule has 3 nitrogen and oxygen atoms in total. The van der Waals surface area contributed by atoms with E-state index >= 15 is 0 Å². The highest BCUT2D eigenvalue weighted by atomic mass is 35.5. The highest BCUT2D eigenvalue weighted by Crippen LogP contribution is 2.31. The number of nitrogens with zero attached hydrogens (tertiary/aromatic N) is 1. The molecular formula is C15H19Cl2NO2. The van der Waals surface area contributed by atoms with Crippen LogP contribution in [0.3, 0.4) is 0 Å². The Kier molecular flexibility index (Phi) is 4.53. The molecule has 2 aliphatic rings. The molecule has 2 saturated heterocycles. The predicted molar refractivity (Wildman–Crippen MR) is 80.5 cm³/mol. The standard InChI is InChI=1S/C15H19Cl2NO2/c16-13-3-1-2-12(14(13)17)10-18-6-9-20-15(11-18)4-7-19-8-5-15/h1-3H,4-11H2. The first-order valence-electron chi connectivity index (χ1n) is 7.06. The Morgan fingerprint density at radius 2 is 1.95 bits per heavy atom. The number of halogens is 2. The van der Waals surface area contributed by atoms with E-state index in [2.05, 4.69) is 4.90 Å². The molecule has 1 spiro atoms. The molecule has 0 amide bonds. The molecule has 3 rings (SSSR count). The van der Waals surface area contributed by atoms with Crippen molar-refractivity contribution in [3.63, 3.8) is 0 Å². The third kappa shape index (κ3) is 3.12. The van der Waals surface area contributed by atoms with Gasteiger partial charge in [0.15, 0.2) is 0 Å². The number of hydrogen-bond acceptors (Lipinski definition) is 3. The van der Waals surface area contributed by atoms with E-state index in [1.807, 2.05) is 18.2 Å². The lowest BCUT2D eigenvalue weighted by atomic mass is 9.92. The van der Waals surface area contributed by atoms with Gasteiger partial charge in [0.1, 0.15) is 0 Å². The van der Waals surface area contributed by atoms with Crippen LogP contribution in [0.2, 0.25) is 10.0 Å². The van der Waals surface area contributed by atoms with E-state index in [0.29, 0.717) is 10.0 Å². The molecule has 2 heterocycles. The Morgan fingerprint density at radius 3 is 2.75 bits per heavy atom. The first-order valence-corrected chi connectivity index (χ1v) is 7.81. The summed E-state index contributed by atoms with van der Waals surface area (Å²) in [6.07, 6.45) is 1.96. The van der Waals surface area contributed by atoms with Crippen LogP contribution in [0.5, 0.6) is 0 Å². The van der Waals surface area contributed by atoms with E-state index in [0.717, 1.165) is 57.9 Å². The van der Waals surface area contributed by atoms with Crippen LogP contribution in [0, 0.1) is 0 Å². The minimum absolute atomic E-state index is 0.0262. The summed E-state index contributed by atoms with van der Waals surface area (Å²) >= 11 is 12.4. The highest BCUT2D eigenvalue weighted by Gasteiger charge is 2.38. The Bertz CT molecular complexity index is 469. The summed E-state index contributed by atoms with van der Waals surface area (Å²) in [6, 6.07) is 5.82. The minimum atomic E-state index is -0.0262. The van der Waals surface area contributed by atoms with E-state index in [1.165, 1.54) is 0 Å². The van der Waals surface area contributed by atoms with Crippen molar-refractivity contribution >= 4 is 23.2 Å². The topological polar surface area (TPSA) is 21.7 Å². The largest absolute Gasteiger partial charge is 0.381 e. The van der Waals surface area contributed by atoms with Crippen molar-refractivity contribution in [3.8, 4) is 0 Å². The fraction of sp³-hybridized carbons (Fsp3) is 0.600. The summed E-state index contributed by atoms with van der Waals surface area (Å²) in [7, 11) is 0. The van der Waals surface area contributed by atoms with Gasteiger partial charge in [-0.1, -0.05) is 35.3 Å². The predicted octanol–water partition coefficient (Wildman–Crippen LogP) is 3.37. The molecule has 110 valence electrons. The van der Waals surface area contributed by atoms with Crippen molar-refractivity contribution in [3.05, 3.63) is 33.8 Å². The van der Waals surface area contributed by atoms with Crippen molar-refractivity contribution in [1.29, 1.82) is 0 Å². The third-order valence-corrected chi connectivity index (χ3v) is 5.02. The molecule has 2 aliphatic heterocycles. The third-order valence-electron chi connectivity index (χ3n) is 4.16. The van der Waals surface area contributed by atoms with Crippen LogP contribution in [0.4, 0.5) is 0 Å². The molecule has 0 radical (unpaired) electrons. The average molecular weight is 316 g/mol. The molecule has 0 bridgehead atoms. The van der Waals surface area contributed by atoms with Crippen LogP contribution in [0.25, 0.3) is 0 Å². The van der Waals surface area contributed by atoms with E-state index < -0.39 is 0 Å². The second kappa shape index (κ2) is 6.20. The van der Waals surface area contributed by atoms with E-state index in [1.54, 1.807) is 0 Å². The van der Waals surface area contributed by atoms with Crippen molar-refractivity contribution in [2.45, 2.75) is 25.0 Å². The van der Waals surface area contributed by atoms with Gasteiger partial charge in [-0.05, 0) is 11.6 Å². The van der Waals surface area contributed by atoms with Gasteiger partial charge in [0.05, 0.1) is 22.3 Å². The van der Waals surface area contributed by atoms with Gasteiger partial charge in [0.2, 0.25) is 0 Å². The van der Waals surface area contributed by atoms with Crippen molar-refractivity contribution < 1.29 is 9.47 Å². The van der Waals surface area contributed by atoms with Crippen LogP contribution in [0.1, 0.15) is 18.4 Å². The fourth-order valence-electron chi connectivity index (χ4n) is 3.02. The molecule has 5 heteroatoms. The first kappa shape index (κ1) is 14.6. The fourth-order valence-corrected chi connectivity index (χ4v) is 3.40. The second-order valence-electron chi connectivity index (χ2n) is 5.57. The summed E-state index contributed by atoms with van der Waals surface area (Å²) in [4.78, 5) is 2.41. The Morgan fingerprint density at radius 1 is 1.15 bits per heavy atom. The number of ether oxygens (including phenoxy) is 2. The molecule has 1 aromatic carbocycles. The zero-order valence-corrected chi connectivity index (χ0v) is 12.9. The zero-order valence-electron chi connectivity index (χ0n) is 11.4. The monoisotopic (exact) mass is 315 g/mol. The summed E-state index contributed by atoms with van der Waals surface area (Å²) in [6.45, 7) is 5.08. The molecule has 0 atom stereocenters. The lowest BCUT2D eigenvalue weighted by molar-refractivity contribution is -0.155. The van der Waals surface area contributed by atoms with E-state index in [4.69, 9.17) is 32.7 Å². The van der Waals surface area contributed by atoms with Gasteiger partial charge in [0.25, 0.3) is 0 Å². The average Bonchev–Trinajstić information content (AvgIpc) is 2.45. The van der Waals surface area contributed by atoms with E-state index in [-0.39, 0.29) is 5.60 Å². The van der Waals surface area contributed by atoms with Crippen molar-refractivity contribution in [1.82, 2.24) is 4.90 Å². The molecular weight excluding hydrogens is 297 g/mol. The molecule has 20 heavy (non-hydrogen) atoms. The number of hydrogen-bond donors (Lipinski definition) is 0. The molecule has 0 aromatic heterocycles. The Hall–Kier alpha value is -0.320. The van der Waals surface area contributed by atoms with Gasteiger partial charge in [-0.15, -0.1) is 0 Å². The maximum absolute atomic E-state index is 6.28. The zero-order chi connectivity index (χ0) is 14.0. The van der Waals surface area contributed by atoms with Crippen molar-refractivity contribution in [2.75, 3.05) is 32.9 Å². The maximum Gasteiger partial charge on any atom is 0.0853 e. The Balaban J connectivity index is 1.69. The van der Waals surface area contributed by atoms with Crippen molar-refractivity contribution in [2.24, 2.45) is 0 Å². The summed E-state index contributed by atoms with van der Waals surface area (Å²) in [5.74, 6) is 0. The number of morpholine rings is 1. The molecule has 0 unspecified atom stereocenters. The number of benzene rings is 1. The lowest BCUT2D eigenvalue weighted by Crippen LogP contribution is -2.54. The van der Waals surface area contributed by atoms with Gasteiger partial charge < -0.3 is 9.47 Å². The van der Waals surface area contributed by atoms with Gasteiger partial charge in [-0.25, -0.2) is 0 Å². The molecule has 0 aliphatic carbocycles. The molecule has 0 saturated carbocycles. The van der Waals surface area contributed by atoms with Gasteiger partial charge in [-0.2, -0.15) is 0 Å². The molecule has 0 N–H and O–H groups in total. The number of rotatable bonds is 2. The van der Waals surface area contributed by atoms with Crippen LogP contribution < -0.4 is 0 Å². The van der Waals surface area contributed by atoms with Gasteiger partial charge in [0, 0.05) is 45.7 Å². The van der Waals surface area contributed by atoms with Crippen LogP contribution >= 0.6 is 23.2 Å². The highest BCUT2D eigenvalue weighted by molar-refractivity contribution is 6.42. The maximum atomic E-state index is 6.28. The lowest BCUT2D eigenvalue weighted by Gasteiger charge is -2.45. The quantitative estimate of drug-likeness (QED) is 0.835. The summed E-state index contributed by atoms with van der Waals surface area (Å²) in [5, 5.41) is 1.29. The van der Waals surface area contributed by atoms with E-state index in [9.17, 15) is 0 Å². The summed E-state index contributed by atoms with van der Waals surface area (Å²) in [5.41, 5.74) is 1.06. The molecule has 1 aromatic rings. The van der Waals surface area contributed by atoms with Crippen LogP contribution in [0.15, 0.2) is 18.2 Å². The van der Waals surface area contributed by atoms with Gasteiger partial charge in [-0.3, -0.25) is 4.90 Å². The van der Waals surface area contributed by atoms with Crippen LogP contribution in [-0.4, -0.2) is 43.4 Å². The smallest absolute Gasteiger partial charge is 0.0853 e. The first-order chi connectivity index (χ1) is 9.69. The summed E-state index contributed by atoms with van der Waals surface area (Å²) < 4.78 is 11.5. The minimum Gasteiger partial charge on any atom is -0.381 e.